The normalized spacial score (nSPS) is 14.3. The lowest BCUT2D eigenvalue weighted by Gasteiger charge is -2.30. The van der Waals surface area contributed by atoms with Crippen LogP contribution < -0.4 is 10.2 Å². The highest BCUT2D eigenvalue weighted by Crippen LogP contribution is 2.38. The molecule has 3 unspecified atom stereocenters. The van der Waals surface area contributed by atoms with E-state index in [1.807, 2.05) is 33.3 Å². The third-order valence-electron chi connectivity index (χ3n) is 12.8. The molecule has 0 aromatic carbocycles. The summed E-state index contributed by atoms with van der Waals surface area (Å²) >= 11 is 0. The molecule has 0 bridgehead atoms. The van der Waals surface area contributed by atoms with E-state index in [2.05, 4.69) is 99.0 Å². The summed E-state index contributed by atoms with van der Waals surface area (Å²) in [6.45, 7) is 6.75. The van der Waals surface area contributed by atoms with Gasteiger partial charge in [-0.15, -0.1) is 0 Å². The molecule has 0 saturated heterocycles. The molecule has 73 heavy (non-hydrogen) atoms. The largest absolute Gasteiger partial charge is 0.756 e. The minimum absolute atomic E-state index is 0.0316. The van der Waals surface area contributed by atoms with Crippen molar-refractivity contribution in [1.29, 1.82) is 0 Å². The fourth-order valence-corrected chi connectivity index (χ4v) is 8.86. The molecule has 0 heterocycles. The van der Waals surface area contributed by atoms with Gasteiger partial charge in [-0.05, 0) is 102 Å². The minimum Gasteiger partial charge on any atom is -0.756 e. The molecule has 0 saturated carbocycles. The molecule has 0 radical (unpaired) electrons. The van der Waals surface area contributed by atoms with Gasteiger partial charge in [-0.3, -0.25) is 14.2 Å². The van der Waals surface area contributed by atoms with Crippen molar-refractivity contribution >= 4 is 19.7 Å². The first-order valence-corrected chi connectivity index (χ1v) is 31.4. The number of rotatable bonds is 53. The van der Waals surface area contributed by atoms with Crippen LogP contribution in [-0.4, -0.2) is 69.4 Å². The first-order valence-electron chi connectivity index (χ1n) is 29.9. The number of esters is 1. The van der Waals surface area contributed by atoms with Crippen LogP contribution in [0.4, 0.5) is 0 Å². The van der Waals surface area contributed by atoms with Gasteiger partial charge in [0, 0.05) is 12.8 Å². The number of nitrogens with zero attached hydrogens (tertiary/aromatic N) is 1. The van der Waals surface area contributed by atoms with Crippen molar-refractivity contribution < 1.29 is 37.3 Å². The Hall–Kier alpha value is -2.81. The lowest BCUT2D eigenvalue weighted by atomic mass is 10.1. The number of allylic oxidation sites excluding steroid dienone is 13. The van der Waals surface area contributed by atoms with Crippen LogP contribution in [0, 0.1) is 0 Å². The fourth-order valence-electron chi connectivity index (χ4n) is 8.14. The summed E-state index contributed by atoms with van der Waals surface area (Å²) in [6, 6.07) is -0.905. The van der Waals surface area contributed by atoms with Gasteiger partial charge in [-0.25, -0.2) is 0 Å². The molecule has 0 spiro atoms. The van der Waals surface area contributed by atoms with E-state index in [9.17, 15) is 19.0 Å². The van der Waals surface area contributed by atoms with Crippen LogP contribution in [0.5, 0.6) is 0 Å². The molecule has 10 heteroatoms. The molecule has 0 fully saturated rings. The second-order valence-corrected chi connectivity index (χ2v) is 22.6. The van der Waals surface area contributed by atoms with Crippen molar-refractivity contribution in [2.75, 3.05) is 40.9 Å². The Bertz CT molecular complexity index is 1530. The number of ether oxygens (including phenoxy) is 1. The number of unbranched alkanes of at least 4 members (excludes halogenated alkanes) is 26. The van der Waals surface area contributed by atoms with Gasteiger partial charge in [0.05, 0.1) is 33.8 Å². The zero-order valence-electron chi connectivity index (χ0n) is 48.1. The predicted molar refractivity (Wildman–Crippen MR) is 311 cm³/mol. The Balaban J connectivity index is 5.31. The van der Waals surface area contributed by atoms with E-state index in [4.69, 9.17) is 13.8 Å². The van der Waals surface area contributed by atoms with Crippen LogP contribution in [0.3, 0.4) is 0 Å². The van der Waals surface area contributed by atoms with Crippen LogP contribution in [0.25, 0.3) is 0 Å². The molecule has 0 aromatic heterocycles. The number of amides is 1. The molecule has 3 atom stereocenters. The molecule has 9 nitrogen and oxygen atoms in total. The zero-order valence-corrected chi connectivity index (χ0v) is 49.0. The average molecular weight is 1040 g/mol. The monoisotopic (exact) mass is 1040 g/mol. The number of carbonyl (C=O) groups is 2. The Morgan fingerprint density at radius 3 is 1.36 bits per heavy atom. The summed E-state index contributed by atoms with van der Waals surface area (Å²) in [5.74, 6) is -0.579. The van der Waals surface area contributed by atoms with Gasteiger partial charge in [0.2, 0.25) is 5.91 Å². The molecule has 422 valence electrons. The quantitative estimate of drug-likeness (QED) is 0.0161. The van der Waals surface area contributed by atoms with Crippen LogP contribution in [-0.2, 0) is 27.9 Å². The molecule has 0 rings (SSSR count). The number of hydrogen-bond donors (Lipinski definition) is 1. The molecule has 1 amide bonds. The lowest BCUT2D eigenvalue weighted by molar-refractivity contribution is -0.870. The summed E-state index contributed by atoms with van der Waals surface area (Å²) in [6.07, 6.45) is 68.3. The predicted octanol–water partition coefficient (Wildman–Crippen LogP) is 17.6. The smallest absolute Gasteiger partial charge is 0.306 e. The number of nitrogens with one attached hydrogen (secondary N) is 1. The fraction of sp³-hybridized carbons (Fsp3) is 0.746. The van der Waals surface area contributed by atoms with Gasteiger partial charge < -0.3 is 28.5 Å². The first-order chi connectivity index (χ1) is 35.4. The summed E-state index contributed by atoms with van der Waals surface area (Å²) in [5.41, 5.74) is 0. The number of quaternary nitrogens is 1. The Labute approximate surface area is 450 Å². The summed E-state index contributed by atoms with van der Waals surface area (Å²) < 4.78 is 30.2. The molecular formula is C63H113N2O7P. The maximum atomic E-state index is 13.5. The number of likely N-dealkylation sites (N-methyl/N-ethyl adjacent to an activating group) is 1. The molecule has 0 aromatic rings. The van der Waals surface area contributed by atoms with E-state index in [0.29, 0.717) is 23.9 Å². The van der Waals surface area contributed by atoms with Gasteiger partial charge in [0.1, 0.15) is 19.3 Å². The highest BCUT2D eigenvalue weighted by Gasteiger charge is 2.27. The number of phosphoric ester groups is 1. The lowest BCUT2D eigenvalue weighted by Crippen LogP contribution is -2.47. The van der Waals surface area contributed by atoms with Crippen molar-refractivity contribution in [3.05, 3.63) is 85.1 Å². The van der Waals surface area contributed by atoms with Crippen LogP contribution in [0.2, 0.25) is 0 Å². The van der Waals surface area contributed by atoms with Crippen LogP contribution in [0.1, 0.15) is 252 Å². The van der Waals surface area contributed by atoms with Gasteiger partial charge in [0.15, 0.2) is 0 Å². The Morgan fingerprint density at radius 2 is 0.877 bits per heavy atom. The molecule has 0 aliphatic heterocycles. The van der Waals surface area contributed by atoms with Crippen LogP contribution in [0.15, 0.2) is 85.1 Å². The maximum absolute atomic E-state index is 13.5. The second-order valence-electron chi connectivity index (χ2n) is 21.2. The van der Waals surface area contributed by atoms with Gasteiger partial charge >= 0.3 is 5.97 Å². The van der Waals surface area contributed by atoms with Crippen molar-refractivity contribution in [1.82, 2.24) is 5.32 Å². The van der Waals surface area contributed by atoms with Crippen molar-refractivity contribution in [3.63, 3.8) is 0 Å². The minimum atomic E-state index is -4.71. The summed E-state index contributed by atoms with van der Waals surface area (Å²) in [7, 11) is 1.16. The first kappa shape index (κ1) is 70.2. The highest BCUT2D eigenvalue weighted by atomic mass is 31.2. The maximum Gasteiger partial charge on any atom is 0.306 e. The van der Waals surface area contributed by atoms with Crippen LogP contribution >= 0.6 is 7.82 Å². The standard InChI is InChI=1S/C63H113N2O7P/c1-7-10-13-16-19-22-25-27-29-30-31-32-33-34-36-38-41-44-47-50-53-56-63(67)72-61(54-51-48-45-42-39-24-21-18-15-12-9-3)60(59-71-73(68,69)70-58-57-65(4,5)6)64-62(66)55-52-49-46-43-40-37-35-28-26-23-20-17-14-11-8-2/h19-20,22-23,26-29,31-32,34,36,51,54,60-61H,7-18,21,24-25,30,33,35,37-50,52-53,55-59H2,1-6H3,(H-,64,66,68,69)/b22-19-,23-20+,28-26+,29-27-,32-31-,36-34-,54-51-. The van der Waals surface area contributed by atoms with Crippen molar-refractivity contribution in [2.24, 2.45) is 0 Å². The number of carbonyl (C=O) groups excluding carboxylic acids is 2. The van der Waals surface area contributed by atoms with Gasteiger partial charge in [0.25, 0.3) is 7.82 Å². The van der Waals surface area contributed by atoms with Gasteiger partial charge in [-0.1, -0.05) is 222 Å². The second kappa shape index (κ2) is 52.6. The van der Waals surface area contributed by atoms with E-state index in [1.165, 1.54) is 89.9 Å². The van der Waals surface area contributed by atoms with Crippen molar-refractivity contribution in [3.8, 4) is 0 Å². The van der Waals surface area contributed by atoms with Gasteiger partial charge in [-0.2, -0.15) is 0 Å². The SMILES string of the molecule is CCCCC/C=C\C/C=C\C/C=C\C/C=C\CCCCCCCC(=O)OC(/C=C\CCCCCCCCCCC)C(COP(=O)([O-])OCC[N+](C)(C)C)NC(=O)CCCCCCCC/C=C/C=C/CCCCC. The average Bonchev–Trinajstić information content (AvgIpc) is 3.35. The molecule has 0 aliphatic carbocycles. The molecule has 1 N–H and O–H groups in total. The number of hydrogen-bond acceptors (Lipinski definition) is 7. The molecular weight excluding hydrogens is 928 g/mol. The van der Waals surface area contributed by atoms with E-state index in [0.717, 1.165) is 122 Å². The highest BCUT2D eigenvalue weighted by molar-refractivity contribution is 7.45. The topological polar surface area (TPSA) is 114 Å². The number of phosphoric acid groups is 1. The Morgan fingerprint density at radius 1 is 0.493 bits per heavy atom. The third kappa shape index (κ3) is 53.8. The Kier molecular flexibility index (Phi) is 50.6. The van der Waals surface area contributed by atoms with E-state index in [-0.39, 0.29) is 24.9 Å². The van der Waals surface area contributed by atoms with E-state index in [1.54, 1.807) is 0 Å². The van der Waals surface area contributed by atoms with Crippen molar-refractivity contribution in [2.45, 2.75) is 264 Å². The zero-order chi connectivity index (χ0) is 53.6. The summed E-state index contributed by atoms with van der Waals surface area (Å²) in [4.78, 5) is 39.9. The third-order valence-corrected chi connectivity index (χ3v) is 13.8. The summed E-state index contributed by atoms with van der Waals surface area (Å²) in [5, 5.41) is 3.01. The molecule has 0 aliphatic rings. The van der Waals surface area contributed by atoms with E-state index >= 15 is 0 Å². The van der Waals surface area contributed by atoms with E-state index < -0.39 is 26.6 Å².